The SMILES string of the molecule is FC1(Cl)Cc2ccccc2C1(F)Cl. The zero-order chi connectivity index (χ0) is 9.69. The summed E-state index contributed by atoms with van der Waals surface area (Å²) in [7, 11) is 0. The second-order valence-corrected chi connectivity index (χ2v) is 4.23. The maximum Gasteiger partial charge on any atom is 0.257 e. The predicted octanol–water partition coefficient (Wildman–Crippen LogP) is 3.51. The molecule has 70 valence electrons. The summed E-state index contributed by atoms with van der Waals surface area (Å²) in [6, 6.07) is 6.37. The molecular formula is C9H6Cl2F2. The van der Waals surface area contributed by atoms with Crippen molar-refractivity contribution in [3.63, 3.8) is 0 Å². The van der Waals surface area contributed by atoms with Crippen LogP contribution in [0.15, 0.2) is 24.3 Å². The summed E-state index contributed by atoms with van der Waals surface area (Å²) in [6.45, 7) is 0. The van der Waals surface area contributed by atoms with Gasteiger partial charge in [-0.15, -0.1) is 0 Å². The first kappa shape index (κ1) is 9.22. The Hall–Kier alpha value is -0.340. The molecule has 0 aliphatic heterocycles. The number of hydrogen-bond donors (Lipinski definition) is 0. The number of rotatable bonds is 0. The van der Waals surface area contributed by atoms with Crippen molar-refractivity contribution in [3.8, 4) is 0 Å². The number of benzene rings is 1. The lowest BCUT2D eigenvalue weighted by atomic mass is 10.1. The fourth-order valence-corrected chi connectivity index (χ4v) is 2.02. The second kappa shape index (κ2) is 2.58. The summed E-state index contributed by atoms with van der Waals surface area (Å²) in [5, 5.41) is -5.14. The molecule has 0 saturated heterocycles. The van der Waals surface area contributed by atoms with E-state index in [2.05, 4.69) is 0 Å². The Morgan fingerprint density at radius 1 is 1.15 bits per heavy atom. The van der Waals surface area contributed by atoms with E-state index in [1.54, 1.807) is 18.2 Å². The van der Waals surface area contributed by atoms with E-state index in [1.165, 1.54) is 6.07 Å². The molecule has 2 rings (SSSR count). The van der Waals surface area contributed by atoms with E-state index in [9.17, 15) is 8.78 Å². The second-order valence-electron chi connectivity index (χ2n) is 3.11. The number of hydrogen-bond acceptors (Lipinski definition) is 0. The van der Waals surface area contributed by atoms with E-state index < -0.39 is 10.3 Å². The molecule has 2 atom stereocenters. The minimum absolute atomic E-state index is 0.133. The summed E-state index contributed by atoms with van der Waals surface area (Å²) in [5.41, 5.74) is 0.659. The Kier molecular flexibility index (Phi) is 1.83. The molecule has 1 aromatic carbocycles. The highest BCUT2D eigenvalue weighted by Gasteiger charge is 2.58. The third-order valence-corrected chi connectivity index (χ3v) is 3.22. The zero-order valence-corrected chi connectivity index (χ0v) is 8.04. The predicted molar refractivity (Wildman–Crippen MR) is 48.5 cm³/mol. The molecule has 4 heteroatoms. The van der Waals surface area contributed by atoms with Crippen molar-refractivity contribution in [2.75, 3.05) is 0 Å². The summed E-state index contributed by atoms with van der Waals surface area (Å²) in [6.07, 6.45) is -0.190. The first-order valence-electron chi connectivity index (χ1n) is 3.79. The molecule has 13 heavy (non-hydrogen) atoms. The molecule has 1 aromatic rings. The van der Waals surface area contributed by atoms with Crippen LogP contribution < -0.4 is 0 Å². The van der Waals surface area contributed by atoms with Gasteiger partial charge in [0.25, 0.3) is 5.13 Å². The molecular weight excluding hydrogens is 217 g/mol. The van der Waals surface area contributed by atoms with Crippen molar-refractivity contribution in [2.45, 2.75) is 16.7 Å². The van der Waals surface area contributed by atoms with Gasteiger partial charge in [-0.05, 0) is 5.56 Å². The zero-order valence-electron chi connectivity index (χ0n) is 6.53. The lowest BCUT2D eigenvalue weighted by molar-refractivity contribution is 0.108. The quantitative estimate of drug-likeness (QED) is 0.590. The fraction of sp³-hybridized carbons (Fsp3) is 0.333. The average molecular weight is 223 g/mol. The number of fused-ring (bicyclic) bond motifs is 1. The van der Waals surface area contributed by atoms with Crippen LogP contribution >= 0.6 is 23.2 Å². The van der Waals surface area contributed by atoms with Crippen LogP contribution in [0.5, 0.6) is 0 Å². The first-order valence-corrected chi connectivity index (χ1v) is 4.55. The van der Waals surface area contributed by atoms with E-state index in [-0.39, 0.29) is 12.0 Å². The number of alkyl halides is 4. The van der Waals surface area contributed by atoms with Gasteiger partial charge in [0.05, 0.1) is 0 Å². The molecule has 0 bridgehead atoms. The normalized spacial score (nSPS) is 37.5. The van der Waals surface area contributed by atoms with Gasteiger partial charge < -0.3 is 0 Å². The third-order valence-electron chi connectivity index (χ3n) is 2.23. The van der Waals surface area contributed by atoms with E-state index >= 15 is 0 Å². The van der Waals surface area contributed by atoms with Gasteiger partial charge >= 0.3 is 0 Å². The molecule has 0 nitrogen and oxygen atoms in total. The van der Waals surface area contributed by atoms with Gasteiger partial charge in [-0.1, -0.05) is 47.5 Å². The van der Waals surface area contributed by atoms with Crippen LogP contribution in [-0.2, 0) is 11.5 Å². The smallest absolute Gasteiger partial charge is 0.220 e. The standard InChI is InChI=1S/C9H6Cl2F2/c10-8(12)5-6-3-1-2-4-7(6)9(8,11)13/h1-4H,5H2. The highest BCUT2D eigenvalue weighted by atomic mass is 35.5. The Labute approximate surface area is 84.5 Å². The van der Waals surface area contributed by atoms with Crippen LogP contribution in [0, 0.1) is 0 Å². The molecule has 2 unspecified atom stereocenters. The van der Waals surface area contributed by atoms with Crippen LogP contribution in [0.4, 0.5) is 8.78 Å². The lowest BCUT2D eigenvalue weighted by Crippen LogP contribution is -2.31. The van der Waals surface area contributed by atoms with Crippen LogP contribution in [-0.4, -0.2) is 5.13 Å². The van der Waals surface area contributed by atoms with Crippen LogP contribution in [0.3, 0.4) is 0 Å². The average Bonchev–Trinajstić information content (AvgIpc) is 2.20. The van der Waals surface area contributed by atoms with E-state index in [4.69, 9.17) is 23.2 Å². The highest BCUT2D eigenvalue weighted by molar-refractivity contribution is 6.34. The molecule has 0 N–H and O–H groups in total. The van der Waals surface area contributed by atoms with Crippen molar-refractivity contribution in [1.29, 1.82) is 0 Å². The lowest BCUT2D eigenvalue weighted by Gasteiger charge is -2.21. The molecule has 1 aliphatic carbocycles. The summed E-state index contributed by atoms with van der Waals surface area (Å²) in [4.78, 5) is 0. The maximum absolute atomic E-state index is 13.6. The van der Waals surface area contributed by atoms with E-state index in [0.29, 0.717) is 5.56 Å². The Bertz CT molecular complexity index is 347. The molecule has 0 spiro atoms. The topological polar surface area (TPSA) is 0 Å². The number of halogens is 4. The van der Waals surface area contributed by atoms with Crippen LogP contribution in [0.1, 0.15) is 11.1 Å². The Morgan fingerprint density at radius 3 is 2.38 bits per heavy atom. The molecule has 0 heterocycles. The maximum atomic E-state index is 13.6. The monoisotopic (exact) mass is 222 g/mol. The molecule has 0 fully saturated rings. The van der Waals surface area contributed by atoms with Crippen molar-refractivity contribution < 1.29 is 8.78 Å². The Balaban J connectivity index is 2.60. The molecule has 0 amide bonds. The summed E-state index contributed by atoms with van der Waals surface area (Å²) < 4.78 is 27.1. The third kappa shape index (κ3) is 1.16. The van der Waals surface area contributed by atoms with Crippen LogP contribution in [0.2, 0.25) is 0 Å². The minimum atomic E-state index is -2.61. The summed E-state index contributed by atoms with van der Waals surface area (Å²) in [5.74, 6) is 0. The van der Waals surface area contributed by atoms with Gasteiger partial charge in [-0.2, -0.15) is 0 Å². The first-order chi connectivity index (χ1) is 5.95. The molecule has 1 aliphatic rings. The minimum Gasteiger partial charge on any atom is -0.220 e. The highest BCUT2D eigenvalue weighted by Crippen LogP contribution is 2.54. The van der Waals surface area contributed by atoms with Gasteiger partial charge in [0.15, 0.2) is 0 Å². The molecule has 0 saturated carbocycles. The van der Waals surface area contributed by atoms with Crippen molar-refractivity contribution >= 4 is 23.2 Å². The van der Waals surface area contributed by atoms with E-state index in [0.717, 1.165) is 0 Å². The van der Waals surface area contributed by atoms with Gasteiger partial charge in [0.1, 0.15) is 0 Å². The molecule has 0 radical (unpaired) electrons. The van der Waals surface area contributed by atoms with Gasteiger partial charge in [0.2, 0.25) is 5.13 Å². The van der Waals surface area contributed by atoms with Gasteiger partial charge in [0, 0.05) is 12.0 Å². The van der Waals surface area contributed by atoms with Crippen LogP contribution in [0.25, 0.3) is 0 Å². The van der Waals surface area contributed by atoms with Gasteiger partial charge in [-0.3, -0.25) is 0 Å². The largest absolute Gasteiger partial charge is 0.257 e. The van der Waals surface area contributed by atoms with E-state index in [1.807, 2.05) is 0 Å². The van der Waals surface area contributed by atoms with Crippen molar-refractivity contribution in [1.82, 2.24) is 0 Å². The van der Waals surface area contributed by atoms with Gasteiger partial charge in [-0.25, -0.2) is 8.78 Å². The van der Waals surface area contributed by atoms with Crippen molar-refractivity contribution in [3.05, 3.63) is 35.4 Å². The van der Waals surface area contributed by atoms with Crippen molar-refractivity contribution in [2.24, 2.45) is 0 Å². The Morgan fingerprint density at radius 2 is 1.77 bits per heavy atom. The molecule has 0 aromatic heterocycles. The summed E-state index contributed by atoms with van der Waals surface area (Å²) >= 11 is 10.8. The fourth-order valence-electron chi connectivity index (χ4n) is 1.53.